The molecule has 2 heteroatoms. The van der Waals surface area contributed by atoms with Crippen molar-refractivity contribution in [1.29, 1.82) is 0 Å². The third-order valence-electron chi connectivity index (χ3n) is 4.57. The summed E-state index contributed by atoms with van der Waals surface area (Å²) in [5.74, 6) is 0.988. The number of hydrogen-bond acceptors (Lipinski definition) is 2. The second-order valence-corrected chi connectivity index (χ2v) is 8.31. The minimum Gasteiger partial charge on any atom is -0.496 e. The maximum absolute atomic E-state index is 5.48. The number of rotatable bonds is 4. The maximum atomic E-state index is 5.48. The van der Waals surface area contributed by atoms with Crippen molar-refractivity contribution >= 4 is 0 Å². The Morgan fingerprint density at radius 2 is 1.76 bits per heavy atom. The maximum Gasteiger partial charge on any atom is 0.123 e. The lowest BCUT2D eigenvalue weighted by Crippen LogP contribution is -2.43. The number of nitrogens with one attached hydrogen (secondary N) is 1. The van der Waals surface area contributed by atoms with Crippen LogP contribution < -0.4 is 10.1 Å². The standard InChI is InChI=1S/C19H31NO/c1-14-7-8-17(21-6)15(9-14)12-20-16-10-18(2,3)13-19(4,5)11-16/h7-9,16,20H,10-13H2,1-6H3. The summed E-state index contributed by atoms with van der Waals surface area (Å²) in [6.07, 6.45) is 3.82. The van der Waals surface area contributed by atoms with Gasteiger partial charge in [0.2, 0.25) is 0 Å². The van der Waals surface area contributed by atoms with Gasteiger partial charge in [-0.05, 0) is 43.1 Å². The fraction of sp³-hybridized carbons (Fsp3) is 0.684. The molecule has 21 heavy (non-hydrogen) atoms. The molecule has 1 aromatic rings. The zero-order valence-corrected chi connectivity index (χ0v) is 14.5. The minimum atomic E-state index is 0.427. The van der Waals surface area contributed by atoms with Gasteiger partial charge in [0.25, 0.3) is 0 Å². The van der Waals surface area contributed by atoms with Gasteiger partial charge in [0, 0.05) is 18.2 Å². The van der Waals surface area contributed by atoms with Crippen molar-refractivity contribution in [3.8, 4) is 5.75 Å². The number of hydrogen-bond donors (Lipinski definition) is 1. The van der Waals surface area contributed by atoms with E-state index in [2.05, 4.69) is 58.1 Å². The van der Waals surface area contributed by atoms with Crippen LogP contribution in [0.4, 0.5) is 0 Å². The number of aryl methyl sites for hydroxylation is 1. The van der Waals surface area contributed by atoms with Crippen LogP contribution in [-0.2, 0) is 6.54 Å². The number of ether oxygens (including phenoxy) is 1. The van der Waals surface area contributed by atoms with E-state index in [0.29, 0.717) is 16.9 Å². The van der Waals surface area contributed by atoms with Gasteiger partial charge in [-0.2, -0.15) is 0 Å². The van der Waals surface area contributed by atoms with Crippen LogP contribution in [-0.4, -0.2) is 13.2 Å². The van der Waals surface area contributed by atoms with Gasteiger partial charge in [0.1, 0.15) is 5.75 Å². The molecule has 1 N–H and O–H groups in total. The van der Waals surface area contributed by atoms with Gasteiger partial charge < -0.3 is 10.1 Å². The van der Waals surface area contributed by atoms with Crippen LogP contribution in [0.25, 0.3) is 0 Å². The molecule has 0 bridgehead atoms. The van der Waals surface area contributed by atoms with E-state index in [1.165, 1.54) is 30.4 Å². The zero-order valence-electron chi connectivity index (χ0n) is 14.5. The van der Waals surface area contributed by atoms with Crippen LogP contribution in [0.2, 0.25) is 0 Å². The molecular weight excluding hydrogens is 258 g/mol. The summed E-state index contributed by atoms with van der Waals surface area (Å²) in [5.41, 5.74) is 3.40. The summed E-state index contributed by atoms with van der Waals surface area (Å²) in [6, 6.07) is 7.00. The fourth-order valence-corrected chi connectivity index (χ4v) is 4.29. The van der Waals surface area contributed by atoms with Crippen LogP contribution in [0.5, 0.6) is 5.75 Å². The van der Waals surface area contributed by atoms with E-state index >= 15 is 0 Å². The predicted octanol–water partition coefficient (Wildman–Crippen LogP) is 4.70. The van der Waals surface area contributed by atoms with E-state index in [-0.39, 0.29) is 0 Å². The molecule has 0 saturated heterocycles. The number of benzene rings is 1. The first-order chi connectivity index (χ1) is 9.71. The SMILES string of the molecule is COc1ccc(C)cc1CNC1CC(C)(C)CC(C)(C)C1. The molecule has 0 heterocycles. The Hall–Kier alpha value is -1.02. The largest absolute Gasteiger partial charge is 0.496 e. The quantitative estimate of drug-likeness (QED) is 0.867. The third-order valence-corrected chi connectivity index (χ3v) is 4.57. The van der Waals surface area contributed by atoms with E-state index in [1.54, 1.807) is 7.11 Å². The van der Waals surface area contributed by atoms with Gasteiger partial charge in [0.05, 0.1) is 7.11 Å². The first-order valence-corrected chi connectivity index (χ1v) is 8.08. The van der Waals surface area contributed by atoms with E-state index < -0.39 is 0 Å². The third kappa shape index (κ3) is 4.47. The molecule has 0 aromatic heterocycles. The Morgan fingerprint density at radius 3 is 2.33 bits per heavy atom. The Kier molecular flexibility index (Phi) is 4.67. The highest BCUT2D eigenvalue weighted by Gasteiger charge is 2.38. The molecule has 118 valence electrons. The van der Waals surface area contributed by atoms with Gasteiger partial charge in [-0.25, -0.2) is 0 Å². The van der Waals surface area contributed by atoms with Gasteiger partial charge in [0.15, 0.2) is 0 Å². The summed E-state index contributed by atoms with van der Waals surface area (Å²) < 4.78 is 5.48. The molecule has 1 saturated carbocycles. The summed E-state index contributed by atoms with van der Waals surface area (Å²) in [4.78, 5) is 0. The summed E-state index contributed by atoms with van der Waals surface area (Å²) in [7, 11) is 1.75. The van der Waals surface area contributed by atoms with Crippen LogP contribution in [0.3, 0.4) is 0 Å². The second kappa shape index (κ2) is 6.00. The Bertz CT molecular complexity index is 474. The lowest BCUT2D eigenvalue weighted by molar-refractivity contribution is 0.0844. The lowest BCUT2D eigenvalue weighted by atomic mass is 9.63. The van der Waals surface area contributed by atoms with Gasteiger partial charge >= 0.3 is 0 Å². The van der Waals surface area contributed by atoms with Crippen molar-refractivity contribution in [1.82, 2.24) is 5.32 Å². The minimum absolute atomic E-state index is 0.427. The first-order valence-electron chi connectivity index (χ1n) is 8.08. The molecule has 0 atom stereocenters. The summed E-state index contributed by atoms with van der Waals surface area (Å²) in [6.45, 7) is 12.6. The van der Waals surface area contributed by atoms with Crippen molar-refractivity contribution < 1.29 is 4.74 Å². The fourth-order valence-electron chi connectivity index (χ4n) is 4.29. The van der Waals surface area contributed by atoms with Crippen LogP contribution in [0.1, 0.15) is 58.1 Å². The van der Waals surface area contributed by atoms with Gasteiger partial charge in [-0.3, -0.25) is 0 Å². The first kappa shape index (κ1) is 16.4. The topological polar surface area (TPSA) is 21.3 Å². The average Bonchev–Trinajstić information content (AvgIpc) is 2.33. The normalized spacial score (nSPS) is 21.2. The predicted molar refractivity (Wildman–Crippen MR) is 89.8 cm³/mol. The van der Waals surface area contributed by atoms with Crippen molar-refractivity contribution in [2.75, 3.05) is 7.11 Å². The van der Waals surface area contributed by atoms with Crippen molar-refractivity contribution in [3.63, 3.8) is 0 Å². The van der Waals surface area contributed by atoms with Crippen LogP contribution >= 0.6 is 0 Å². The molecule has 0 amide bonds. The molecule has 1 aliphatic rings. The molecule has 1 aliphatic carbocycles. The molecular formula is C19H31NO. The molecule has 0 unspecified atom stereocenters. The highest BCUT2D eigenvalue weighted by Crippen LogP contribution is 2.45. The Balaban J connectivity index is 2.04. The van der Waals surface area contributed by atoms with E-state index in [4.69, 9.17) is 4.74 Å². The molecule has 0 spiro atoms. The smallest absolute Gasteiger partial charge is 0.123 e. The average molecular weight is 289 g/mol. The van der Waals surface area contributed by atoms with Gasteiger partial charge in [-0.15, -0.1) is 0 Å². The molecule has 0 radical (unpaired) electrons. The lowest BCUT2D eigenvalue weighted by Gasteiger charge is -2.45. The Labute approximate surface area is 130 Å². The number of methoxy groups -OCH3 is 1. The van der Waals surface area contributed by atoms with E-state index in [1.807, 2.05) is 0 Å². The van der Waals surface area contributed by atoms with Crippen molar-refractivity contribution in [2.24, 2.45) is 10.8 Å². The Morgan fingerprint density at radius 1 is 1.14 bits per heavy atom. The summed E-state index contributed by atoms with van der Waals surface area (Å²) >= 11 is 0. The van der Waals surface area contributed by atoms with Gasteiger partial charge in [-0.1, -0.05) is 45.4 Å². The van der Waals surface area contributed by atoms with E-state index in [0.717, 1.165) is 12.3 Å². The molecule has 2 rings (SSSR count). The zero-order chi connectivity index (χ0) is 15.7. The van der Waals surface area contributed by atoms with Crippen LogP contribution in [0.15, 0.2) is 18.2 Å². The molecule has 2 nitrogen and oxygen atoms in total. The molecule has 1 fully saturated rings. The second-order valence-electron chi connectivity index (χ2n) is 8.31. The van der Waals surface area contributed by atoms with Crippen LogP contribution in [0, 0.1) is 17.8 Å². The summed E-state index contributed by atoms with van der Waals surface area (Å²) in [5, 5.41) is 3.77. The van der Waals surface area contributed by atoms with E-state index in [9.17, 15) is 0 Å². The molecule has 1 aromatic carbocycles. The highest BCUT2D eigenvalue weighted by molar-refractivity contribution is 5.36. The highest BCUT2D eigenvalue weighted by atomic mass is 16.5. The van der Waals surface area contributed by atoms with Crippen molar-refractivity contribution in [3.05, 3.63) is 29.3 Å². The van der Waals surface area contributed by atoms with Crippen molar-refractivity contribution in [2.45, 2.75) is 66.5 Å². The monoisotopic (exact) mass is 289 g/mol. The molecule has 0 aliphatic heterocycles.